The van der Waals surface area contributed by atoms with Gasteiger partial charge in [-0.25, -0.2) is 4.68 Å². The van der Waals surface area contributed by atoms with Crippen molar-refractivity contribution in [3.05, 3.63) is 0 Å². The van der Waals surface area contributed by atoms with Gasteiger partial charge in [0.1, 0.15) is 23.4 Å². The van der Waals surface area contributed by atoms with Crippen molar-refractivity contribution >= 4 is 62.7 Å². The van der Waals surface area contributed by atoms with E-state index >= 15 is 0 Å². The van der Waals surface area contributed by atoms with Gasteiger partial charge in [0, 0.05) is 18.1 Å². The Kier molecular flexibility index (Phi) is 7.19. The third-order valence-corrected chi connectivity index (χ3v) is 8.55. The molecule has 0 spiro atoms. The molecule has 2 aliphatic heterocycles. The number of carboxylic acids is 1. The van der Waals surface area contributed by atoms with Crippen LogP contribution in [0.1, 0.15) is 6.92 Å². The molecule has 3 heterocycles. The zero-order chi connectivity index (χ0) is 24.8. The standard InChI is InChI=1S/C14H17F3N6O6S4/c1-7(30)21(3-14(15,16)17)8-9(24)22-2-13(11(25)26,4-31-10(8)22)5-32-12-18-19-20-23(12)6-33(27,28)29/h8,10H,2-6H2,1H3,(H,25,26)(H,27,28,29)/t8?,10-,13?/m1/s1. The van der Waals surface area contributed by atoms with Gasteiger partial charge in [-0.15, -0.1) is 16.9 Å². The highest BCUT2D eigenvalue weighted by Crippen LogP contribution is 2.46. The number of nitrogens with zero attached hydrogens (tertiary/aromatic N) is 6. The molecule has 19 heteroatoms. The van der Waals surface area contributed by atoms with E-state index in [0.717, 1.165) is 33.1 Å². The minimum absolute atomic E-state index is 0.0313. The van der Waals surface area contributed by atoms with Crippen molar-refractivity contribution in [2.75, 3.05) is 24.6 Å². The highest BCUT2D eigenvalue weighted by molar-refractivity contribution is 8.00. The van der Waals surface area contributed by atoms with E-state index in [4.69, 9.17) is 16.8 Å². The first kappa shape index (κ1) is 25.9. The summed E-state index contributed by atoms with van der Waals surface area (Å²) in [6.45, 7) is -0.363. The van der Waals surface area contributed by atoms with Crippen molar-refractivity contribution in [2.45, 2.75) is 35.5 Å². The number of aromatic nitrogens is 4. The van der Waals surface area contributed by atoms with Crippen LogP contribution in [0, 0.1) is 5.41 Å². The van der Waals surface area contributed by atoms with Crippen LogP contribution in [-0.2, 0) is 25.6 Å². The quantitative estimate of drug-likeness (QED) is 0.195. The number of thiocarbonyl (C=S) groups is 1. The predicted octanol–water partition coefficient (Wildman–Crippen LogP) is 0.177. The second kappa shape index (κ2) is 9.16. The molecule has 1 amide bonds. The van der Waals surface area contributed by atoms with Crippen LogP contribution in [0.5, 0.6) is 0 Å². The predicted molar refractivity (Wildman–Crippen MR) is 113 cm³/mol. The summed E-state index contributed by atoms with van der Waals surface area (Å²) in [7, 11) is -4.45. The normalized spacial score (nSPS) is 25.4. The van der Waals surface area contributed by atoms with Crippen molar-refractivity contribution in [3.8, 4) is 0 Å². The molecule has 3 atom stereocenters. The monoisotopic (exact) mass is 550 g/mol. The number of carbonyl (C=O) groups excluding carboxylic acids is 1. The molecule has 0 radical (unpaired) electrons. The van der Waals surface area contributed by atoms with Crippen molar-refractivity contribution in [3.63, 3.8) is 0 Å². The number of β-lactam (4-membered cyclic amide) rings is 1. The lowest BCUT2D eigenvalue weighted by molar-refractivity contribution is -0.168. The number of fused-ring (bicyclic) bond motifs is 1. The summed E-state index contributed by atoms with van der Waals surface area (Å²) >= 11 is 6.75. The van der Waals surface area contributed by atoms with Crippen LogP contribution in [0.2, 0.25) is 0 Å². The van der Waals surface area contributed by atoms with E-state index in [1.54, 1.807) is 0 Å². The number of hydrogen-bond acceptors (Lipinski definition) is 10. The van der Waals surface area contributed by atoms with Crippen molar-refractivity contribution in [1.82, 2.24) is 30.0 Å². The maximum Gasteiger partial charge on any atom is 0.405 e. The summed E-state index contributed by atoms with van der Waals surface area (Å²) < 4.78 is 70.8. The summed E-state index contributed by atoms with van der Waals surface area (Å²) in [4.78, 5) is 26.7. The number of carboxylic acid groups (broad SMARTS) is 1. The SMILES string of the molecule is CC(=S)N(CC(F)(F)F)C1C(=O)N2CC(CSc3nnnn3CS(=O)(=O)O)(C(=O)O)CS[C@H]12. The number of tetrazole rings is 1. The molecular weight excluding hydrogens is 533 g/mol. The van der Waals surface area contributed by atoms with Crippen LogP contribution in [0.4, 0.5) is 13.2 Å². The lowest BCUT2D eigenvalue weighted by atomic mass is 9.89. The first-order valence-corrected chi connectivity index (χ1v) is 13.0. The van der Waals surface area contributed by atoms with E-state index in [0.29, 0.717) is 0 Å². The Hall–Kier alpha value is -1.70. The summed E-state index contributed by atoms with van der Waals surface area (Å²) in [5.74, 6) is -3.04. The second-order valence-electron chi connectivity index (χ2n) is 7.42. The summed E-state index contributed by atoms with van der Waals surface area (Å²) in [6.07, 6.45) is -4.58. The second-order valence-corrected chi connectivity index (χ2v) is 11.5. The van der Waals surface area contributed by atoms with E-state index < -0.39 is 57.4 Å². The molecule has 184 valence electrons. The average molecular weight is 551 g/mol. The van der Waals surface area contributed by atoms with Gasteiger partial charge in [-0.1, -0.05) is 24.0 Å². The van der Waals surface area contributed by atoms with E-state index in [2.05, 4.69) is 15.5 Å². The fourth-order valence-corrected chi connectivity index (χ4v) is 6.92. The van der Waals surface area contributed by atoms with Gasteiger partial charge in [-0.2, -0.15) is 21.6 Å². The van der Waals surface area contributed by atoms with Crippen LogP contribution in [0.15, 0.2) is 5.16 Å². The number of carbonyl (C=O) groups is 2. The Balaban J connectivity index is 1.74. The molecule has 12 nitrogen and oxygen atoms in total. The minimum atomic E-state index is -4.58. The van der Waals surface area contributed by atoms with Crippen molar-refractivity contribution in [2.24, 2.45) is 5.41 Å². The highest BCUT2D eigenvalue weighted by Gasteiger charge is 2.59. The fraction of sp³-hybridized carbons (Fsp3) is 0.714. The van der Waals surface area contributed by atoms with Gasteiger partial charge in [-0.05, 0) is 17.4 Å². The molecule has 33 heavy (non-hydrogen) atoms. The molecule has 1 aromatic heterocycles. The maximum atomic E-state index is 13.0. The third kappa shape index (κ3) is 5.69. The van der Waals surface area contributed by atoms with Gasteiger partial charge in [0.05, 0.1) is 4.99 Å². The number of thioether (sulfide) groups is 2. The number of amides is 1. The lowest BCUT2D eigenvalue weighted by Crippen LogP contribution is -2.74. The van der Waals surface area contributed by atoms with Gasteiger partial charge >= 0.3 is 12.1 Å². The van der Waals surface area contributed by atoms with E-state index in [9.17, 15) is 36.3 Å². The summed E-state index contributed by atoms with van der Waals surface area (Å²) in [6, 6.07) is -1.14. The van der Waals surface area contributed by atoms with Crippen LogP contribution < -0.4 is 0 Å². The van der Waals surface area contributed by atoms with Crippen molar-refractivity contribution < 1.29 is 40.8 Å². The molecule has 0 aromatic carbocycles. The Bertz CT molecular complexity index is 1070. The zero-order valence-corrected chi connectivity index (χ0v) is 19.9. The molecule has 2 fully saturated rings. The number of halogens is 3. The molecule has 2 saturated heterocycles. The smallest absolute Gasteiger partial charge is 0.405 e. The van der Waals surface area contributed by atoms with Gasteiger partial charge < -0.3 is 14.9 Å². The number of aliphatic carboxylic acids is 1. The maximum absolute atomic E-state index is 13.0. The molecule has 0 aliphatic carbocycles. The Morgan fingerprint density at radius 2 is 2.12 bits per heavy atom. The molecule has 0 bridgehead atoms. The third-order valence-electron chi connectivity index (χ3n) is 4.92. The van der Waals surface area contributed by atoms with Gasteiger partial charge in [-0.3, -0.25) is 14.1 Å². The highest BCUT2D eigenvalue weighted by atomic mass is 32.2. The van der Waals surface area contributed by atoms with E-state index in [-0.39, 0.29) is 28.2 Å². The first-order chi connectivity index (χ1) is 15.1. The van der Waals surface area contributed by atoms with Crippen LogP contribution in [0.25, 0.3) is 0 Å². The van der Waals surface area contributed by atoms with Gasteiger partial charge in [0.2, 0.25) is 11.1 Å². The van der Waals surface area contributed by atoms with Crippen molar-refractivity contribution in [1.29, 1.82) is 0 Å². The molecular formula is C14H17F3N6O6S4. The largest absolute Gasteiger partial charge is 0.481 e. The Morgan fingerprint density at radius 1 is 1.45 bits per heavy atom. The molecule has 1 aromatic rings. The number of rotatable bonds is 8. The molecule has 2 N–H and O–H groups in total. The van der Waals surface area contributed by atoms with E-state index in [1.807, 2.05) is 0 Å². The zero-order valence-electron chi connectivity index (χ0n) is 16.7. The Morgan fingerprint density at radius 3 is 2.67 bits per heavy atom. The topological polar surface area (TPSA) is 159 Å². The fourth-order valence-electron chi connectivity index (χ4n) is 3.37. The average Bonchev–Trinajstić information content (AvgIpc) is 3.09. The number of hydrogen-bond donors (Lipinski definition) is 2. The first-order valence-electron chi connectivity index (χ1n) is 8.97. The van der Waals surface area contributed by atoms with Crippen LogP contribution in [-0.4, -0.2) is 107 Å². The summed E-state index contributed by atoms with van der Waals surface area (Å²) in [5, 5.41) is 19.4. The minimum Gasteiger partial charge on any atom is -0.481 e. The van der Waals surface area contributed by atoms with Crippen LogP contribution in [0.3, 0.4) is 0 Å². The van der Waals surface area contributed by atoms with Crippen LogP contribution >= 0.6 is 35.7 Å². The summed E-state index contributed by atoms with van der Waals surface area (Å²) in [5.41, 5.74) is -1.50. The van der Waals surface area contributed by atoms with Gasteiger partial charge in [0.15, 0.2) is 5.88 Å². The molecule has 2 unspecified atom stereocenters. The molecule has 3 rings (SSSR count). The van der Waals surface area contributed by atoms with E-state index in [1.165, 1.54) is 11.8 Å². The lowest BCUT2D eigenvalue weighted by Gasteiger charge is -2.56. The Labute approximate surface area is 199 Å². The number of alkyl halides is 3. The van der Waals surface area contributed by atoms with Gasteiger partial charge in [0.25, 0.3) is 10.1 Å². The molecule has 0 saturated carbocycles. The molecule has 2 aliphatic rings.